The van der Waals surface area contributed by atoms with E-state index in [1.807, 2.05) is 42.5 Å². The molecule has 0 radical (unpaired) electrons. The topological polar surface area (TPSA) is 48.4 Å². The third-order valence-electron chi connectivity index (χ3n) is 2.71. The Balaban J connectivity index is 2.32. The minimum Gasteiger partial charge on any atom is -0.503 e. The van der Waals surface area contributed by atoms with Crippen LogP contribution in [0.4, 0.5) is 0 Å². The van der Waals surface area contributed by atoms with Crippen molar-refractivity contribution in [3.05, 3.63) is 58.2 Å². The molecule has 2 rings (SSSR count). The van der Waals surface area contributed by atoms with Crippen molar-refractivity contribution < 1.29 is 14.3 Å². The van der Waals surface area contributed by atoms with Gasteiger partial charge in [-0.3, -0.25) is 0 Å². The summed E-state index contributed by atoms with van der Waals surface area (Å²) in [4.78, 5) is 16.8. The van der Waals surface area contributed by atoms with E-state index in [9.17, 15) is 4.79 Å². The van der Waals surface area contributed by atoms with Crippen LogP contribution in [-0.4, -0.2) is 25.2 Å². The van der Waals surface area contributed by atoms with E-state index in [-0.39, 0.29) is 0 Å². The van der Waals surface area contributed by atoms with E-state index in [1.54, 1.807) is 5.51 Å². The normalized spacial score (nSPS) is 11.6. The molecule has 0 fully saturated rings. The molecule has 0 N–H and O–H groups in total. The maximum absolute atomic E-state index is 11.8. The van der Waals surface area contributed by atoms with Gasteiger partial charge in [-0.15, -0.1) is 11.3 Å². The Morgan fingerprint density at radius 1 is 1.19 bits per heavy atom. The van der Waals surface area contributed by atoms with E-state index in [0.717, 1.165) is 10.4 Å². The molecule has 2 aromatic rings. The molecule has 5 heteroatoms. The summed E-state index contributed by atoms with van der Waals surface area (Å²) in [6.45, 7) is 0. The van der Waals surface area contributed by atoms with Gasteiger partial charge < -0.3 is 9.47 Å². The van der Waals surface area contributed by atoms with Crippen LogP contribution in [-0.2, 0) is 14.3 Å². The number of benzene rings is 1. The van der Waals surface area contributed by atoms with E-state index in [4.69, 9.17) is 9.47 Å². The zero-order valence-electron chi connectivity index (χ0n) is 11.8. The van der Waals surface area contributed by atoms with Crippen LogP contribution in [0.15, 0.2) is 42.1 Å². The molecule has 1 aromatic heterocycles. The summed E-state index contributed by atoms with van der Waals surface area (Å²) in [5.74, 6) is -0.449. The van der Waals surface area contributed by atoms with Crippen molar-refractivity contribution in [1.29, 1.82) is 0 Å². The molecular formula is C16H15NO3S. The minimum atomic E-state index is -0.449. The maximum atomic E-state index is 11.8. The smallest absolute Gasteiger partial charge is 0.342 e. The van der Waals surface area contributed by atoms with E-state index in [0.29, 0.717) is 11.3 Å². The number of esters is 1. The first-order valence-electron chi connectivity index (χ1n) is 6.24. The summed E-state index contributed by atoms with van der Waals surface area (Å²) in [6.07, 6.45) is 5.19. The van der Waals surface area contributed by atoms with Crippen LogP contribution in [0, 0.1) is 0 Å². The van der Waals surface area contributed by atoms with Crippen molar-refractivity contribution in [3.8, 4) is 0 Å². The Hall–Kier alpha value is -2.40. The fourth-order valence-corrected chi connectivity index (χ4v) is 2.51. The predicted molar refractivity (Wildman–Crippen MR) is 84.5 cm³/mol. The fourth-order valence-electron chi connectivity index (χ4n) is 1.74. The van der Waals surface area contributed by atoms with Crippen molar-refractivity contribution in [3.63, 3.8) is 0 Å². The van der Waals surface area contributed by atoms with Gasteiger partial charge in [-0.1, -0.05) is 36.4 Å². The van der Waals surface area contributed by atoms with Gasteiger partial charge in [0.2, 0.25) is 0 Å². The van der Waals surface area contributed by atoms with Gasteiger partial charge in [0.05, 0.1) is 36.6 Å². The number of rotatable bonds is 5. The molecule has 0 aliphatic heterocycles. The first kappa shape index (κ1) is 15.0. The minimum absolute atomic E-state index is 0.357. The van der Waals surface area contributed by atoms with Crippen molar-refractivity contribution in [2.45, 2.75) is 0 Å². The molecule has 4 nitrogen and oxygen atoms in total. The van der Waals surface area contributed by atoms with Crippen LogP contribution in [0.1, 0.15) is 16.1 Å². The Morgan fingerprint density at radius 3 is 2.62 bits per heavy atom. The third kappa shape index (κ3) is 3.79. The van der Waals surface area contributed by atoms with Crippen LogP contribution < -0.4 is 0 Å². The Morgan fingerprint density at radius 2 is 1.95 bits per heavy atom. The zero-order chi connectivity index (χ0) is 15.1. The number of thiazole rings is 1. The summed E-state index contributed by atoms with van der Waals surface area (Å²) < 4.78 is 9.73. The van der Waals surface area contributed by atoms with Gasteiger partial charge in [0.15, 0.2) is 0 Å². The molecule has 0 unspecified atom stereocenters. The van der Waals surface area contributed by atoms with Gasteiger partial charge in [-0.25, -0.2) is 9.78 Å². The summed E-state index contributed by atoms with van der Waals surface area (Å²) in [7, 11) is 2.83. The van der Waals surface area contributed by atoms with Gasteiger partial charge in [-0.2, -0.15) is 0 Å². The second-order valence-corrected chi connectivity index (χ2v) is 4.92. The van der Waals surface area contributed by atoms with Gasteiger partial charge in [0.25, 0.3) is 0 Å². The molecule has 21 heavy (non-hydrogen) atoms. The lowest BCUT2D eigenvalue weighted by molar-refractivity contribution is -0.133. The quantitative estimate of drug-likeness (QED) is 0.482. The molecule has 0 aliphatic carbocycles. The highest BCUT2D eigenvalue weighted by molar-refractivity contribution is 7.11. The zero-order valence-corrected chi connectivity index (χ0v) is 12.6. The summed E-state index contributed by atoms with van der Waals surface area (Å²) >= 11 is 1.36. The summed E-state index contributed by atoms with van der Waals surface area (Å²) in [6, 6.07) is 9.88. The molecular weight excluding hydrogens is 286 g/mol. The van der Waals surface area contributed by atoms with Gasteiger partial charge in [0, 0.05) is 0 Å². The number of methoxy groups -OCH3 is 2. The van der Waals surface area contributed by atoms with E-state index in [2.05, 4.69) is 4.98 Å². The number of hydrogen-bond acceptors (Lipinski definition) is 5. The average Bonchev–Trinajstić information content (AvgIpc) is 2.99. The Labute approximate surface area is 127 Å². The van der Waals surface area contributed by atoms with E-state index >= 15 is 0 Å². The van der Waals surface area contributed by atoms with Crippen molar-refractivity contribution in [2.24, 2.45) is 0 Å². The number of nitrogens with zero attached hydrogens (tertiary/aromatic N) is 1. The predicted octanol–water partition coefficient (Wildman–Crippen LogP) is 3.47. The fraction of sp³-hybridized carbons (Fsp3) is 0.125. The second-order valence-electron chi connectivity index (χ2n) is 4.07. The number of ether oxygens (including phenoxy) is 2. The number of carbonyl (C=O) groups is 1. The molecule has 0 amide bonds. The van der Waals surface area contributed by atoms with Gasteiger partial charge >= 0.3 is 5.97 Å². The van der Waals surface area contributed by atoms with Crippen LogP contribution in [0.3, 0.4) is 0 Å². The molecule has 0 aliphatic rings. The number of hydrogen-bond donors (Lipinski definition) is 0. The van der Waals surface area contributed by atoms with Crippen LogP contribution >= 0.6 is 11.3 Å². The highest BCUT2D eigenvalue weighted by Gasteiger charge is 2.18. The van der Waals surface area contributed by atoms with Crippen molar-refractivity contribution >= 4 is 35.0 Å². The third-order valence-corrected chi connectivity index (χ3v) is 3.59. The van der Waals surface area contributed by atoms with E-state index < -0.39 is 5.97 Å². The monoisotopic (exact) mass is 301 g/mol. The molecule has 0 bridgehead atoms. The van der Waals surface area contributed by atoms with Crippen LogP contribution in [0.25, 0.3) is 17.7 Å². The summed E-state index contributed by atoms with van der Waals surface area (Å²) in [5, 5.41) is 0. The Bertz CT molecular complexity index is 659. The van der Waals surface area contributed by atoms with Crippen LogP contribution in [0.5, 0.6) is 0 Å². The first-order chi connectivity index (χ1) is 10.3. The van der Waals surface area contributed by atoms with Crippen molar-refractivity contribution in [2.75, 3.05) is 14.2 Å². The average molecular weight is 301 g/mol. The standard InChI is InChI=1S/C16H15NO3S/c1-19-10-13(16(18)20-2)15-14(17-11-21-15)9-8-12-6-4-3-5-7-12/h3-11H,1-2H3/b9-8+,13-10+. The molecule has 108 valence electrons. The first-order valence-corrected chi connectivity index (χ1v) is 7.12. The SMILES string of the molecule is CO/C=C(/C(=O)OC)c1scnc1/C=C/c1ccccc1. The second kappa shape index (κ2) is 7.40. The molecule has 0 spiro atoms. The van der Waals surface area contributed by atoms with Gasteiger partial charge in [-0.05, 0) is 11.6 Å². The van der Waals surface area contributed by atoms with E-state index in [1.165, 1.54) is 31.8 Å². The van der Waals surface area contributed by atoms with Crippen molar-refractivity contribution in [1.82, 2.24) is 4.98 Å². The summed E-state index contributed by atoms with van der Waals surface area (Å²) in [5.41, 5.74) is 3.81. The Kier molecular flexibility index (Phi) is 5.29. The molecule has 0 atom stereocenters. The lowest BCUT2D eigenvalue weighted by Gasteiger charge is -2.03. The molecule has 1 aromatic carbocycles. The largest absolute Gasteiger partial charge is 0.503 e. The lowest BCUT2D eigenvalue weighted by Crippen LogP contribution is -2.04. The molecule has 0 saturated carbocycles. The molecule has 0 saturated heterocycles. The highest BCUT2D eigenvalue weighted by Crippen LogP contribution is 2.26. The maximum Gasteiger partial charge on any atom is 0.342 e. The number of aromatic nitrogens is 1. The number of carbonyl (C=O) groups excluding carboxylic acids is 1. The van der Waals surface area contributed by atoms with Crippen LogP contribution in [0.2, 0.25) is 0 Å². The highest BCUT2D eigenvalue weighted by atomic mass is 32.1. The lowest BCUT2D eigenvalue weighted by atomic mass is 10.1. The van der Waals surface area contributed by atoms with Gasteiger partial charge in [0.1, 0.15) is 5.57 Å². The molecule has 1 heterocycles.